The van der Waals surface area contributed by atoms with E-state index in [-0.39, 0.29) is 48.1 Å². The van der Waals surface area contributed by atoms with Crippen LogP contribution in [-0.4, -0.2) is 102 Å². The molecule has 21 heteroatoms. The summed E-state index contributed by atoms with van der Waals surface area (Å²) in [5.74, 6) is -1.87. The van der Waals surface area contributed by atoms with Gasteiger partial charge >= 0.3 is 20.7 Å². The number of nitrogens with two attached hydrogens (primary N) is 1. The molecule has 0 heterocycles. The lowest BCUT2D eigenvalue weighted by atomic mass is 9.91. The molecule has 0 saturated carbocycles. The third kappa shape index (κ3) is 41.2. The summed E-state index contributed by atoms with van der Waals surface area (Å²) in [5, 5.41) is 13.5. The van der Waals surface area contributed by atoms with Crippen LogP contribution in [0.1, 0.15) is 129 Å². The number of hydrogen-bond donors (Lipinski definition) is 5. The van der Waals surface area contributed by atoms with Crippen LogP contribution in [-0.2, 0) is 47.4 Å². The van der Waals surface area contributed by atoms with Crippen molar-refractivity contribution >= 4 is 56.7 Å². The number of esters is 1. The second-order valence-corrected chi connectivity index (χ2v) is 27.6. The maximum Gasteiger partial charge on any atom is 0.422 e. The van der Waals surface area contributed by atoms with Crippen LogP contribution in [0.15, 0.2) is 0 Å². The maximum absolute atomic E-state index is 11.9. The molecule has 0 aromatic heterocycles. The minimum Gasteiger partial charge on any atom is -0.495 e. The van der Waals surface area contributed by atoms with Crippen LogP contribution in [0.2, 0.25) is 32.7 Å². The number of halogens is 3. The molecule has 0 aliphatic carbocycles. The standard InChI is InChI=1S/C11H26O3Si2.C9H19NO4S.C8H13F3O2.C7H15NO2.C5H11NO/c1-9-11(2,3)10(12)13-16(7,8)14-15(4,5)6;1-5-7(2)8(11)10-9(3,4)6-15(12,13)14;1-4-7(2,3)6(12)13-5-8(9,10)11;1-3-6(2)7(10)8-4-5-9;1-3-4(2)5(6)7/h9H2,1-8H3;7H,5-6H2,1-4H3,(H,10,11)(H,12,13,14);4-5H2,1-3H3;6,9H,3-5H2,1-2H3,(H,8,10);4H,3H2,1-2H3,(H2,6,7). The predicted molar refractivity (Wildman–Crippen MR) is 239 cm³/mol. The highest BCUT2D eigenvalue weighted by Crippen LogP contribution is 2.26. The van der Waals surface area contributed by atoms with Gasteiger partial charge < -0.3 is 34.8 Å². The van der Waals surface area contributed by atoms with E-state index in [9.17, 15) is 45.6 Å². The van der Waals surface area contributed by atoms with Gasteiger partial charge in [-0.25, -0.2) is 0 Å². The summed E-state index contributed by atoms with van der Waals surface area (Å²) in [6, 6.07) is 0. The highest BCUT2D eigenvalue weighted by atomic mass is 32.2. The number of amides is 3. The van der Waals surface area contributed by atoms with E-state index in [0.29, 0.717) is 19.4 Å². The van der Waals surface area contributed by atoms with Crippen LogP contribution in [0.3, 0.4) is 0 Å². The number of primary amides is 1. The van der Waals surface area contributed by atoms with Crippen LogP contribution in [0.4, 0.5) is 13.2 Å². The highest BCUT2D eigenvalue weighted by molar-refractivity contribution is 7.85. The van der Waals surface area contributed by atoms with Crippen LogP contribution in [0, 0.1) is 28.6 Å². The molecule has 0 aromatic rings. The van der Waals surface area contributed by atoms with E-state index in [4.69, 9.17) is 23.9 Å². The number of rotatable bonds is 19. The Hall–Kier alpha value is -2.60. The molecule has 3 atom stereocenters. The topological polar surface area (TPSA) is 238 Å². The summed E-state index contributed by atoms with van der Waals surface area (Å²) in [6.45, 7) is 34.1. The first kappa shape index (κ1) is 67.5. The first-order valence-electron chi connectivity index (χ1n) is 20.7. The quantitative estimate of drug-likeness (QED) is 0.0480. The number of aliphatic hydroxyl groups excluding tert-OH is 1. The normalized spacial score (nSPS) is 13.6. The van der Waals surface area contributed by atoms with Crippen molar-refractivity contribution in [2.24, 2.45) is 34.3 Å². The molecule has 366 valence electrons. The summed E-state index contributed by atoms with van der Waals surface area (Å²) < 4.78 is 80.6. The van der Waals surface area contributed by atoms with Crippen molar-refractivity contribution < 1.29 is 68.5 Å². The molecule has 61 heavy (non-hydrogen) atoms. The third-order valence-corrected chi connectivity index (χ3v) is 14.9. The van der Waals surface area contributed by atoms with Crippen molar-refractivity contribution in [3.05, 3.63) is 0 Å². The van der Waals surface area contributed by atoms with Gasteiger partial charge in [-0.05, 0) is 106 Å². The van der Waals surface area contributed by atoms with Gasteiger partial charge in [-0.15, -0.1) is 0 Å². The minimum absolute atomic E-state index is 0.0160. The van der Waals surface area contributed by atoms with E-state index in [1.807, 2.05) is 68.5 Å². The first-order valence-corrected chi connectivity index (χ1v) is 28.5. The largest absolute Gasteiger partial charge is 0.495 e. The molecule has 6 N–H and O–H groups in total. The fourth-order valence-electron chi connectivity index (χ4n) is 3.63. The Balaban J connectivity index is -0.000000219. The SMILES string of the molecule is CCC(C)(C)C(=O)OCC(F)(F)F.CCC(C)(C)C(=O)O[Si](C)(C)O[Si](C)(C)C.CCC(C)C(=O)NC(C)(C)CS(=O)(=O)O.CCC(C)C(=O)NCCO.CCC(C)C(N)=O. The zero-order chi connectivity index (χ0) is 50.0. The average Bonchev–Trinajstić information content (AvgIpc) is 3.09. The van der Waals surface area contributed by atoms with Crippen molar-refractivity contribution in [3.63, 3.8) is 0 Å². The van der Waals surface area contributed by atoms with Crippen molar-refractivity contribution in [1.82, 2.24) is 10.6 Å². The van der Waals surface area contributed by atoms with Crippen molar-refractivity contribution in [2.45, 2.75) is 173 Å². The number of nitrogens with one attached hydrogen (secondary N) is 2. The Morgan fingerprint density at radius 1 is 0.721 bits per heavy atom. The Bertz CT molecular complexity index is 1410. The van der Waals surface area contributed by atoms with E-state index in [2.05, 4.69) is 35.0 Å². The van der Waals surface area contributed by atoms with Gasteiger partial charge in [0.25, 0.3) is 16.1 Å². The molecule has 15 nitrogen and oxygen atoms in total. The van der Waals surface area contributed by atoms with Crippen LogP contribution < -0.4 is 16.4 Å². The molecular weight excluding hydrogens is 860 g/mol. The zero-order valence-electron chi connectivity index (χ0n) is 40.7. The van der Waals surface area contributed by atoms with Gasteiger partial charge in [0.2, 0.25) is 17.7 Å². The summed E-state index contributed by atoms with van der Waals surface area (Å²) >= 11 is 0. The number of carbonyl (C=O) groups excluding carboxylic acids is 5. The molecule has 0 rings (SSSR count). The zero-order valence-corrected chi connectivity index (χ0v) is 43.5. The van der Waals surface area contributed by atoms with Crippen molar-refractivity contribution in [2.75, 3.05) is 25.5 Å². The smallest absolute Gasteiger partial charge is 0.422 e. The van der Waals surface area contributed by atoms with Gasteiger partial charge in [-0.3, -0.25) is 28.5 Å². The van der Waals surface area contributed by atoms with Crippen LogP contribution in [0.5, 0.6) is 0 Å². The van der Waals surface area contributed by atoms with E-state index in [0.717, 1.165) is 19.3 Å². The Labute approximate surface area is 368 Å². The molecule has 0 aromatic carbocycles. The van der Waals surface area contributed by atoms with Crippen LogP contribution >= 0.6 is 0 Å². The maximum atomic E-state index is 11.9. The van der Waals surface area contributed by atoms with Gasteiger partial charge in [0.1, 0.15) is 0 Å². The Morgan fingerprint density at radius 3 is 1.41 bits per heavy atom. The molecule has 0 saturated heterocycles. The highest BCUT2D eigenvalue weighted by Gasteiger charge is 2.39. The van der Waals surface area contributed by atoms with E-state index < -0.39 is 67.9 Å². The molecule has 0 radical (unpaired) electrons. The molecular formula is C40H84F3N3O12SSi2. The second-order valence-electron chi connectivity index (χ2n) is 18.1. The number of carbonyl (C=O) groups is 5. The fraction of sp³-hybridized carbons (Fsp3) is 0.875. The molecule has 0 bridgehead atoms. The van der Waals surface area contributed by atoms with Gasteiger partial charge in [0, 0.05) is 24.3 Å². The summed E-state index contributed by atoms with van der Waals surface area (Å²) in [4.78, 5) is 55.5. The monoisotopic (exact) mass is 944 g/mol. The van der Waals surface area contributed by atoms with E-state index >= 15 is 0 Å². The Morgan fingerprint density at radius 2 is 1.11 bits per heavy atom. The summed E-state index contributed by atoms with van der Waals surface area (Å²) in [6.07, 6.45) is -0.840. The molecule has 3 amide bonds. The molecule has 0 aliphatic heterocycles. The van der Waals surface area contributed by atoms with Crippen molar-refractivity contribution in [1.29, 1.82) is 0 Å². The van der Waals surface area contributed by atoms with Crippen LogP contribution in [0.25, 0.3) is 0 Å². The average molecular weight is 944 g/mol. The first-order chi connectivity index (χ1) is 27.1. The van der Waals surface area contributed by atoms with Gasteiger partial charge in [0.15, 0.2) is 14.9 Å². The van der Waals surface area contributed by atoms with Crippen molar-refractivity contribution in [3.8, 4) is 0 Å². The molecule has 0 spiro atoms. The van der Waals surface area contributed by atoms with Gasteiger partial charge in [0.05, 0.1) is 28.7 Å². The lowest BCUT2D eigenvalue weighted by Crippen LogP contribution is -2.49. The second kappa shape index (κ2) is 30.5. The van der Waals surface area contributed by atoms with E-state index in [1.165, 1.54) is 0 Å². The Kier molecular flexibility index (Phi) is 33.7. The molecule has 3 unspecified atom stereocenters. The molecule has 0 fully saturated rings. The lowest BCUT2D eigenvalue weighted by molar-refractivity contribution is -0.192. The number of ether oxygens (including phenoxy) is 1. The number of aliphatic hydroxyl groups is 1. The lowest BCUT2D eigenvalue weighted by Gasteiger charge is -2.33. The van der Waals surface area contributed by atoms with Gasteiger partial charge in [-0.1, -0.05) is 55.4 Å². The summed E-state index contributed by atoms with van der Waals surface area (Å²) in [7, 11) is -8.03. The summed E-state index contributed by atoms with van der Waals surface area (Å²) in [5.41, 5.74) is 2.71. The number of hydrogen-bond acceptors (Lipinski definition) is 11. The van der Waals surface area contributed by atoms with E-state index in [1.54, 1.807) is 41.5 Å². The predicted octanol–water partition coefficient (Wildman–Crippen LogP) is 7.52. The minimum atomic E-state index is -4.44. The van der Waals surface area contributed by atoms with Gasteiger partial charge in [-0.2, -0.15) is 21.6 Å². The fourth-order valence-corrected chi connectivity index (χ4v) is 11.4. The molecule has 0 aliphatic rings. The number of alkyl halides is 3. The third-order valence-electron chi connectivity index (χ3n) is 8.76.